The predicted molar refractivity (Wildman–Crippen MR) is 123 cm³/mol. The van der Waals surface area contributed by atoms with E-state index in [-0.39, 0.29) is 17.0 Å². The molecular weight excluding hydrogens is 411 g/mol. The van der Waals surface area contributed by atoms with Gasteiger partial charge in [0.05, 0.1) is 17.7 Å². The number of halogens is 1. The van der Waals surface area contributed by atoms with Crippen molar-refractivity contribution in [2.24, 2.45) is 11.1 Å². The number of nitrogens with zero attached hydrogens (tertiary/aromatic N) is 3. The highest BCUT2D eigenvalue weighted by Crippen LogP contribution is 2.33. The lowest BCUT2D eigenvalue weighted by atomic mass is 9.99. The highest BCUT2D eigenvalue weighted by molar-refractivity contribution is 5.91. The number of carbonyl (C=O) groups excluding carboxylic acids is 1. The maximum absolute atomic E-state index is 13.7. The molecule has 2 aromatic carbocycles. The van der Waals surface area contributed by atoms with Crippen LogP contribution in [-0.2, 0) is 4.74 Å². The number of para-hydroxylation sites is 1. The van der Waals surface area contributed by atoms with Crippen molar-refractivity contribution < 1.29 is 19.0 Å². The van der Waals surface area contributed by atoms with Crippen LogP contribution in [0.5, 0.6) is 5.75 Å². The summed E-state index contributed by atoms with van der Waals surface area (Å²) in [5, 5.41) is 10.8. The number of hydrogen-bond acceptors (Lipinski definition) is 6. The van der Waals surface area contributed by atoms with Gasteiger partial charge >= 0.3 is 6.09 Å². The summed E-state index contributed by atoms with van der Waals surface area (Å²) >= 11 is 0. The van der Waals surface area contributed by atoms with Gasteiger partial charge in [-0.2, -0.15) is 0 Å². The second-order valence-electron chi connectivity index (χ2n) is 8.91. The molecule has 1 aliphatic heterocycles. The molecule has 0 saturated carbocycles. The summed E-state index contributed by atoms with van der Waals surface area (Å²) in [6, 6.07) is 11.5. The average Bonchev–Trinajstić information content (AvgIpc) is 3.27. The SMILES string of the molecule is CC(C)(C)COC(N)=O.Oc1ccccc1-c1nc(N2CCCC2)c2cc(F)ccc2n1. The largest absolute Gasteiger partial charge is 0.507 e. The van der Waals surface area contributed by atoms with E-state index in [1.54, 1.807) is 24.3 Å². The van der Waals surface area contributed by atoms with E-state index in [9.17, 15) is 14.3 Å². The molecule has 2 heterocycles. The Labute approximate surface area is 187 Å². The van der Waals surface area contributed by atoms with Crippen molar-refractivity contribution >= 4 is 22.8 Å². The summed E-state index contributed by atoms with van der Waals surface area (Å²) in [5.41, 5.74) is 6.01. The second-order valence-corrected chi connectivity index (χ2v) is 8.91. The van der Waals surface area contributed by atoms with Crippen molar-refractivity contribution in [1.29, 1.82) is 0 Å². The Morgan fingerprint density at radius 1 is 1.16 bits per heavy atom. The maximum atomic E-state index is 13.7. The number of primary amides is 1. The molecular formula is C24H29FN4O3. The summed E-state index contributed by atoms with van der Waals surface area (Å²) in [4.78, 5) is 21.4. The fourth-order valence-corrected chi connectivity index (χ4v) is 3.33. The van der Waals surface area contributed by atoms with Crippen LogP contribution >= 0.6 is 0 Å². The molecule has 7 nitrogen and oxygen atoms in total. The fraction of sp³-hybridized carbons (Fsp3) is 0.375. The molecule has 0 bridgehead atoms. The number of anilines is 1. The van der Waals surface area contributed by atoms with E-state index in [4.69, 9.17) is 5.73 Å². The molecule has 170 valence electrons. The van der Waals surface area contributed by atoms with E-state index in [0.717, 1.165) is 31.7 Å². The van der Waals surface area contributed by atoms with Crippen LogP contribution in [0.2, 0.25) is 0 Å². The van der Waals surface area contributed by atoms with Crippen molar-refractivity contribution in [3.63, 3.8) is 0 Å². The zero-order valence-electron chi connectivity index (χ0n) is 18.6. The van der Waals surface area contributed by atoms with Gasteiger partial charge in [0.25, 0.3) is 0 Å². The highest BCUT2D eigenvalue weighted by atomic mass is 19.1. The predicted octanol–water partition coefficient (Wildman–Crippen LogP) is 4.87. The number of phenols is 1. The van der Waals surface area contributed by atoms with Crippen molar-refractivity contribution in [3.8, 4) is 17.1 Å². The molecule has 1 aliphatic rings. The molecule has 0 aliphatic carbocycles. The van der Waals surface area contributed by atoms with E-state index in [2.05, 4.69) is 19.6 Å². The van der Waals surface area contributed by atoms with Gasteiger partial charge in [0.15, 0.2) is 5.82 Å². The minimum Gasteiger partial charge on any atom is -0.507 e. The van der Waals surface area contributed by atoms with Crippen LogP contribution in [-0.4, -0.2) is 40.9 Å². The van der Waals surface area contributed by atoms with Crippen molar-refractivity contribution in [2.45, 2.75) is 33.6 Å². The Balaban J connectivity index is 0.000000275. The number of aromatic nitrogens is 2. The van der Waals surface area contributed by atoms with Crippen molar-refractivity contribution in [1.82, 2.24) is 9.97 Å². The summed E-state index contributed by atoms with van der Waals surface area (Å²) in [6.45, 7) is 8.09. The Bertz CT molecular complexity index is 1090. The molecule has 0 unspecified atom stereocenters. The molecule has 1 saturated heterocycles. The molecule has 0 spiro atoms. The monoisotopic (exact) mass is 440 g/mol. The average molecular weight is 441 g/mol. The van der Waals surface area contributed by atoms with Crippen LogP contribution in [0, 0.1) is 11.2 Å². The molecule has 1 amide bonds. The van der Waals surface area contributed by atoms with Crippen LogP contribution in [0.15, 0.2) is 42.5 Å². The smallest absolute Gasteiger partial charge is 0.404 e. The molecule has 1 fully saturated rings. The van der Waals surface area contributed by atoms with Gasteiger partial charge in [-0.1, -0.05) is 32.9 Å². The van der Waals surface area contributed by atoms with E-state index < -0.39 is 6.09 Å². The maximum Gasteiger partial charge on any atom is 0.404 e. The van der Waals surface area contributed by atoms with E-state index in [1.165, 1.54) is 12.1 Å². The second kappa shape index (κ2) is 9.80. The Morgan fingerprint density at radius 2 is 1.84 bits per heavy atom. The van der Waals surface area contributed by atoms with Gasteiger partial charge in [0.2, 0.25) is 0 Å². The van der Waals surface area contributed by atoms with Crippen molar-refractivity contribution in [3.05, 3.63) is 48.3 Å². The summed E-state index contributed by atoms with van der Waals surface area (Å²) < 4.78 is 18.2. The third-order valence-electron chi connectivity index (χ3n) is 4.84. The summed E-state index contributed by atoms with van der Waals surface area (Å²) in [6.07, 6.45) is 1.50. The third-order valence-corrected chi connectivity index (χ3v) is 4.84. The van der Waals surface area contributed by atoms with Crippen LogP contribution in [0.4, 0.5) is 15.0 Å². The van der Waals surface area contributed by atoms with Gasteiger partial charge in [-0.25, -0.2) is 19.2 Å². The normalized spacial score (nSPS) is 13.6. The van der Waals surface area contributed by atoms with E-state index >= 15 is 0 Å². The standard InChI is InChI=1S/C18H16FN3O.C6H13NO2/c19-12-7-8-15-14(11-12)18(22-9-3-4-10-22)21-17(20-15)13-5-1-2-6-16(13)23;1-6(2,3)4-9-5(7)8/h1-2,5-8,11,23H,3-4,9-10H2;4H2,1-3H3,(H2,7,8). The lowest BCUT2D eigenvalue weighted by molar-refractivity contribution is 0.114. The third kappa shape index (κ3) is 6.06. The zero-order valence-corrected chi connectivity index (χ0v) is 18.6. The molecule has 0 atom stereocenters. The first-order chi connectivity index (χ1) is 15.1. The van der Waals surface area contributed by atoms with Crippen LogP contribution in [0.1, 0.15) is 33.6 Å². The van der Waals surface area contributed by atoms with E-state index in [1.807, 2.05) is 26.8 Å². The first-order valence-corrected chi connectivity index (χ1v) is 10.6. The van der Waals surface area contributed by atoms with Gasteiger partial charge < -0.3 is 20.5 Å². The number of benzene rings is 2. The minimum atomic E-state index is -0.704. The number of rotatable bonds is 3. The Hall–Kier alpha value is -3.42. The fourth-order valence-electron chi connectivity index (χ4n) is 3.33. The molecule has 4 rings (SSSR count). The topological polar surface area (TPSA) is 102 Å². The van der Waals surface area contributed by atoms with Crippen LogP contribution in [0.3, 0.4) is 0 Å². The molecule has 0 radical (unpaired) electrons. The number of fused-ring (bicyclic) bond motifs is 1. The quantitative estimate of drug-likeness (QED) is 0.603. The number of carbonyl (C=O) groups is 1. The highest BCUT2D eigenvalue weighted by Gasteiger charge is 2.20. The molecule has 3 N–H and O–H groups in total. The molecule has 3 aromatic rings. The van der Waals surface area contributed by atoms with Crippen molar-refractivity contribution in [2.75, 3.05) is 24.6 Å². The van der Waals surface area contributed by atoms with Gasteiger partial charge in [-0.15, -0.1) is 0 Å². The van der Waals surface area contributed by atoms with Gasteiger partial charge in [0.1, 0.15) is 17.4 Å². The Kier molecular flexibility index (Phi) is 7.12. The number of aromatic hydroxyl groups is 1. The first kappa shape index (κ1) is 23.2. The van der Waals surface area contributed by atoms with Gasteiger partial charge in [0, 0.05) is 18.5 Å². The minimum absolute atomic E-state index is 0.00896. The number of ether oxygens (including phenoxy) is 1. The molecule has 32 heavy (non-hydrogen) atoms. The summed E-state index contributed by atoms with van der Waals surface area (Å²) in [5.74, 6) is 1.05. The van der Waals surface area contributed by atoms with Crippen LogP contribution in [0.25, 0.3) is 22.3 Å². The lowest BCUT2D eigenvalue weighted by Crippen LogP contribution is -2.21. The lowest BCUT2D eigenvalue weighted by Gasteiger charge is -2.19. The van der Waals surface area contributed by atoms with Gasteiger partial charge in [-0.05, 0) is 48.6 Å². The number of hydrogen-bond donors (Lipinski definition) is 2. The van der Waals surface area contributed by atoms with E-state index in [0.29, 0.717) is 28.9 Å². The number of nitrogens with two attached hydrogens (primary N) is 1. The molecule has 8 heteroatoms. The zero-order chi connectivity index (χ0) is 23.3. The van der Waals surface area contributed by atoms with Crippen LogP contribution < -0.4 is 10.6 Å². The number of amides is 1. The summed E-state index contributed by atoms with van der Waals surface area (Å²) in [7, 11) is 0. The van der Waals surface area contributed by atoms with Gasteiger partial charge in [-0.3, -0.25) is 0 Å². The number of phenolic OH excluding ortho intramolecular Hbond substituents is 1. The molecule has 1 aromatic heterocycles. The Morgan fingerprint density at radius 3 is 2.44 bits per heavy atom. The first-order valence-electron chi connectivity index (χ1n) is 10.6.